The number of benzene rings is 2. The average molecular weight is 547 g/mol. The van der Waals surface area contributed by atoms with Crippen LogP contribution in [0.5, 0.6) is 5.75 Å². The number of aromatic hydroxyl groups is 1. The Hall–Kier alpha value is -3.99. The lowest BCUT2D eigenvalue weighted by Crippen LogP contribution is -2.77. The molecule has 0 bridgehead atoms. The van der Waals surface area contributed by atoms with Crippen LogP contribution in [-0.2, 0) is 19.2 Å². The molecule has 5 N–H and O–H groups in total. The molecule has 0 heterocycles. The first-order chi connectivity index (χ1) is 18.8. The zero-order valence-electron chi connectivity index (χ0n) is 22.1. The fourth-order valence-electron chi connectivity index (χ4n) is 6.89. The number of nitrogens with two attached hydrogens (primary N) is 1. The average Bonchev–Trinajstić information content (AvgIpc) is 2.90. The number of hydrogen-bond acceptors (Lipinski definition) is 9. The van der Waals surface area contributed by atoms with Gasteiger partial charge in [0, 0.05) is 11.5 Å². The zero-order chi connectivity index (χ0) is 29.3. The van der Waals surface area contributed by atoms with E-state index in [-0.39, 0.29) is 11.3 Å². The Labute approximate surface area is 230 Å². The monoisotopic (exact) mass is 546 g/mol. The second-order valence-corrected chi connectivity index (χ2v) is 11.1. The van der Waals surface area contributed by atoms with E-state index in [1.54, 1.807) is 31.2 Å². The molecule has 0 aliphatic heterocycles. The molecule has 0 spiro atoms. The van der Waals surface area contributed by atoms with Crippen LogP contribution in [0.15, 0.2) is 42.5 Å². The Balaban J connectivity index is 1.64. The number of hydrogen-bond donors (Lipinski definition) is 4. The van der Waals surface area contributed by atoms with Gasteiger partial charge in [-0.25, -0.2) is 0 Å². The standard InChI is InChI=1S/C30H30N2O8/c1-13-16-12-11-15(10-9-14-7-5-4-6-8-14)23(33)18(16)24(34)19-17(13)25(35)21-22(32(2)3)26(36)20(29(31)39)28(38)30(21,40)27(19)37/h4-13,17,19-22,25,33,35,40H,1-3H3,(H2,31,39)/b10-9+. The van der Waals surface area contributed by atoms with E-state index in [2.05, 4.69) is 0 Å². The van der Waals surface area contributed by atoms with E-state index in [9.17, 15) is 39.3 Å². The van der Waals surface area contributed by atoms with Gasteiger partial charge >= 0.3 is 0 Å². The molecule has 0 radical (unpaired) electrons. The highest BCUT2D eigenvalue weighted by atomic mass is 16.3. The van der Waals surface area contributed by atoms with Crippen LogP contribution in [0.25, 0.3) is 12.2 Å². The SMILES string of the molecule is CC1c2ccc(/C=C/c3ccccc3)c(O)c2C(=O)C2C(=O)C3(O)C(=O)C(C(N)=O)C(=O)C(N(C)C)C3C(O)C21. The van der Waals surface area contributed by atoms with Gasteiger partial charge in [0.1, 0.15) is 5.75 Å². The van der Waals surface area contributed by atoms with Crippen LogP contribution in [0.4, 0.5) is 0 Å². The number of rotatable bonds is 4. The van der Waals surface area contributed by atoms with Crippen molar-refractivity contribution >= 4 is 41.2 Å². The number of fused-ring (bicyclic) bond motifs is 3. The molecule has 2 saturated carbocycles. The van der Waals surface area contributed by atoms with Crippen LogP contribution >= 0.6 is 0 Å². The molecule has 2 aromatic rings. The molecule has 2 fully saturated rings. The quantitative estimate of drug-likeness (QED) is 0.316. The van der Waals surface area contributed by atoms with Gasteiger partial charge in [0.2, 0.25) is 5.91 Å². The van der Waals surface area contributed by atoms with Crippen molar-refractivity contribution in [2.75, 3.05) is 14.1 Å². The van der Waals surface area contributed by atoms with Gasteiger partial charge in [0.25, 0.3) is 0 Å². The molecule has 3 aliphatic rings. The van der Waals surface area contributed by atoms with Gasteiger partial charge < -0.3 is 21.1 Å². The van der Waals surface area contributed by atoms with Crippen molar-refractivity contribution in [2.45, 2.75) is 30.6 Å². The van der Waals surface area contributed by atoms with Gasteiger partial charge in [0.05, 0.1) is 29.5 Å². The second kappa shape index (κ2) is 9.58. The molecule has 0 aromatic heterocycles. The molecule has 8 atom stereocenters. The van der Waals surface area contributed by atoms with Gasteiger partial charge in [-0.15, -0.1) is 0 Å². The summed E-state index contributed by atoms with van der Waals surface area (Å²) in [6.07, 6.45) is 1.70. The van der Waals surface area contributed by atoms with Crippen molar-refractivity contribution < 1.29 is 39.3 Å². The minimum atomic E-state index is -3.02. The van der Waals surface area contributed by atoms with Crippen molar-refractivity contribution in [2.24, 2.45) is 29.4 Å². The number of phenols is 1. The van der Waals surface area contributed by atoms with Crippen LogP contribution in [0.1, 0.15) is 39.9 Å². The summed E-state index contributed by atoms with van der Waals surface area (Å²) in [5, 5.41) is 34.5. The number of primary amides is 1. The minimum absolute atomic E-state index is 0.137. The Morgan fingerprint density at radius 2 is 1.65 bits per heavy atom. The smallest absolute Gasteiger partial charge is 0.235 e. The number of likely N-dealkylation sites (N-methyl/N-ethyl adjacent to an activating group) is 1. The molecule has 40 heavy (non-hydrogen) atoms. The fourth-order valence-corrected chi connectivity index (χ4v) is 6.89. The predicted molar refractivity (Wildman–Crippen MR) is 143 cm³/mol. The number of Topliss-reactive ketones (excluding diaryl/α,β-unsaturated/α-hetero) is 4. The molecule has 208 valence electrons. The Bertz CT molecular complexity index is 1480. The first kappa shape index (κ1) is 27.6. The highest BCUT2D eigenvalue weighted by Gasteiger charge is 2.72. The van der Waals surface area contributed by atoms with Gasteiger partial charge in [-0.1, -0.05) is 61.5 Å². The molecule has 2 aromatic carbocycles. The third-order valence-electron chi connectivity index (χ3n) is 8.78. The summed E-state index contributed by atoms with van der Waals surface area (Å²) in [6.45, 7) is 1.67. The summed E-state index contributed by atoms with van der Waals surface area (Å²) in [4.78, 5) is 68.0. The number of amides is 1. The Kier molecular flexibility index (Phi) is 6.60. The second-order valence-electron chi connectivity index (χ2n) is 11.1. The van der Waals surface area contributed by atoms with E-state index < -0.39 is 76.4 Å². The van der Waals surface area contributed by atoms with Crippen molar-refractivity contribution in [3.63, 3.8) is 0 Å². The number of phenolic OH excluding ortho intramolecular Hbond substituents is 1. The summed E-state index contributed by atoms with van der Waals surface area (Å²) in [5.41, 5.74) is 3.73. The van der Waals surface area contributed by atoms with Crippen molar-refractivity contribution in [3.8, 4) is 5.75 Å². The van der Waals surface area contributed by atoms with E-state index in [1.807, 2.05) is 30.3 Å². The maximum Gasteiger partial charge on any atom is 0.235 e. The minimum Gasteiger partial charge on any atom is -0.507 e. The number of carbonyl (C=O) groups excluding carboxylic acids is 5. The lowest BCUT2D eigenvalue weighted by Gasteiger charge is -2.56. The molecule has 5 rings (SSSR count). The summed E-state index contributed by atoms with van der Waals surface area (Å²) >= 11 is 0. The number of carbonyl (C=O) groups is 5. The summed E-state index contributed by atoms with van der Waals surface area (Å²) in [5.74, 6) is -13.4. The number of aliphatic hydroxyl groups excluding tert-OH is 1. The van der Waals surface area contributed by atoms with E-state index in [4.69, 9.17) is 5.73 Å². The highest BCUT2D eigenvalue weighted by molar-refractivity contribution is 6.32. The Morgan fingerprint density at radius 1 is 1.00 bits per heavy atom. The lowest BCUT2D eigenvalue weighted by molar-refractivity contribution is -0.196. The first-order valence-corrected chi connectivity index (χ1v) is 13.0. The third kappa shape index (κ3) is 3.71. The number of ketones is 4. The topological polar surface area (TPSA) is 175 Å². The molecule has 1 amide bonds. The third-order valence-corrected chi connectivity index (χ3v) is 8.78. The summed E-state index contributed by atoms with van der Waals surface area (Å²) in [7, 11) is 2.90. The van der Waals surface area contributed by atoms with E-state index in [0.29, 0.717) is 11.1 Å². The maximum atomic E-state index is 14.0. The van der Waals surface area contributed by atoms with Crippen LogP contribution in [0.3, 0.4) is 0 Å². The van der Waals surface area contributed by atoms with E-state index >= 15 is 0 Å². The highest BCUT2D eigenvalue weighted by Crippen LogP contribution is 2.54. The molecular weight excluding hydrogens is 516 g/mol. The summed E-state index contributed by atoms with van der Waals surface area (Å²) < 4.78 is 0. The summed E-state index contributed by atoms with van der Waals surface area (Å²) in [6, 6.07) is 11.1. The number of nitrogens with zero attached hydrogens (tertiary/aromatic N) is 1. The normalized spacial score (nSPS) is 33.6. The van der Waals surface area contributed by atoms with E-state index in [1.165, 1.54) is 19.0 Å². The number of aliphatic hydroxyl groups is 2. The van der Waals surface area contributed by atoms with Crippen LogP contribution in [0, 0.1) is 23.7 Å². The molecule has 10 nitrogen and oxygen atoms in total. The lowest BCUT2D eigenvalue weighted by atomic mass is 9.49. The molecular formula is C30H30N2O8. The van der Waals surface area contributed by atoms with Crippen molar-refractivity contribution in [1.29, 1.82) is 0 Å². The van der Waals surface area contributed by atoms with Gasteiger partial charge in [-0.3, -0.25) is 28.9 Å². The van der Waals surface area contributed by atoms with Crippen LogP contribution in [-0.4, -0.2) is 81.1 Å². The first-order valence-electron chi connectivity index (χ1n) is 13.0. The molecule has 0 saturated heterocycles. The fraction of sp³-hybridized carbons (Fsp3) is 0.367. The predicted octanol–water partition coefficient (Wildman–Crippen LogP) is 0.569. The van der Waals surface area contributed by atoms with Crippen LogP contribution in [0.2, 0.25) is 0 Å². The van der Waals surface area contributed by atoms with Crippen LogP contribution < -0.4 is 5.73 Å². The van der Waals surface area contributed by atoms with Gasteiger partial charge in [-0.05, 0) is 31.1 Å². The van der Waals surface area contributed by atoms with Crippen molar-refractivity contribution in [3.05, 3.63) is 64.7 Å². The van der Waals surface area contributed by atoms with Crippen molar-refractivity contribution in [1.82, 2.24) is 4.90 Å². The largest absolute Gasteiger partial charge is 0.507 e. The van der Waals surface area contributed by atoms with Gasteiger partial charge in [0.15, 0.2) is 34.7 Å². The van der Waals surface area contributed by atoms with E-state index in [0.717, 1.165) is 5.56 Å². The molecule has 3 aliphatic carbocycles. The molecule has 10 heteroatoms. The molecule has 8 unspecified atom stereocenters. The Morgan fingerprint density at radius 3 is 2.25 bits per heavy atom. The maximum absolute atomic E-state index is 14.0. The van der Waals surface area contributed by atoms with Gasteiger partial charge in [-0.2, -0.15) is 0 Å². The zero-order valence-corrected chi connectivity index (χ0v) is 22.1.